The van der Waals surface area contributed by atoms with Crippen LogP contribution in [0.1, 0.15) is 19.4 Å². The highest BCUT2D eigenvalue weighted by Crippen LogP contribution is 2.17. The molecule has 0 aliphatic rings. The molecular formula is C12H15NO. The van der Waals surface area contributed by atoms with Crippen LogP contribution in [0.25, 0.3) is 11.5 Å². The van der Waals surface area contributed by atoms with Crippen molar-refractivity contribution in [1.29, 1.82) is 0 Å². The van der Waals surface area contributed by atoms with Gasteiger partial charge in [-0.15, -0.1) is 0 Å². The van der Waals surface area contributed by atoms with Crippen LogP contribution in [0.4, 0.5) is 0 Å². The number of aryl methyl sites for hydroxylation is 1. The minimum Gasteiger partial charge on any atom is -0.445 e. The number of aromatic nitrogens is 1. The Bertz CT molecular complexity index is 366. The fourth-order valence-corrected chi connectivity index (χ4v) is 1.14. The van der Waals surface area contributed by atoms with Gasteiger partial charge in [-0.2, -0.15) is 0 Å². The summed E-state index contributed by atoms with van der Waals surface area (Å²) >= 11 is 0. The first-order valence-corrected chi connectivity index (χ1v) is 4.83. The molecule has 1 aromatic heterocycles. The third-order valence-corrected chi connectivity index (χ3v) is 1.70. The summed E-state index contributed by atoms with van der Waals surface area (Å²) in [6.45, 7) is 6.05. The van der Waals surface area contributed by atoms with Gasteiger partial charge in [0.1, 0.15) is 6.26 Å². The maximum atomic E-state index is 5.16. The zero-order chi connectivity index (χ0) is 10.4. The molecule has 0 saturated carbocycles. The van der Waals surface area contributed by atoms with E-state index in [1.54, 1.807) is 12.5 Å². The van der Waals surface area contributed by atoms with E-state index in [-0.39, 0.29) is 0 Å². The molecule has 0 aliphatic heterocycles. The molecule has 0 unspecified atom stereocenters. The van der Waals surface area contributed by atoms with Crippen LogP contribution in [0.15, 0.2) is 41.1 Å². The number of benzene rings is 1. The standard InChI is InChI=1S/C10H9NO.C2H6/c1-8-3-2-4-9(7-8)10-11-5-6-12-10;1-2/h2-7H,1H3;1-2H3. The van der Waals surface area contributed by atoms with E-state index < -0.39 is 0 Å². The predicted molar refractivity (Wildman–Crippen MR) is 58.0 cm³/mol. The van der Waals surface area contributed by atoms with Gasteiger partial charge < -0.3 is 4.42 Å². The number of hydrogen-bond acceptors (Lipinski definition) is 2. The Morgan fingerprint density at radius 3 is 2.57 bits per heavy atom. The molecule has 2 rings (SSSR count). The van der Waals surface area contributed by atoms with E-state index in [1.165, 1.54) is 5.56 Å². The predicted octanol–water partition coefficient (Wildman–Crippen LogP) is 3.68. The SMILES string of the molecule is CC.Cc1cccc(-c2ncco2)c1. The van der Waals surface area contributed by atoms with Crippen LogP contribution in [0.5, 0.6) is 0 Å². The smallest absolute Gasteiger partial charge is 0.225 e. The van der Waals surface area contributed by atoms with Gasteiger partial charge in [0.05, 0.1) is 6.20 Å². The number of nitrogens with zero attached hydrogens (tertiary/aromatic N) is 1. The second-order valence-corrected chi connectivity index (χ2v) is 2.71. The maximum Gasteiger partial charge on any atom is 0.225 e. The molecule has 2 heteroatoms. The second kappa shape index (κ2) is 5.22. The molecule has 0 bridgehead atoms. The minimum atomic E-state index is 0.679. The van der Waals surface area contributed by atoms with Crippen LogP contribution in [0, 0.1) is 6.92 Å². The molecule has 0 radical (unpaired) electrons. The van der Waals surface area contributed by atoms with Crippen molar-refractivity contribution in [3.8, 4) is 11.5 Å². The van der Waals surface area contributed by atoms with E-state index in [4.69, 9.17) is 4.42 Å². The van der Waals surface area contributed by atoms with Crippen molar-refractivity contribution in [2.45, 2.75) is 20.8 Å². The van der Waals surface area contributed by atoms with Crippen molar-refractivity contribution in [1.82, 2.24) is 4.98 Å². The molecule has 1 heterocycles. The molecule has 14 heavy (non-hydrogen) atoms. The summed E-state index contributed by atoms with van der Waals surface area (Å²) in [4.78, 5) is 4.06. The van der Waals surface area contributed by atoms with Gasteiger partial charge in [-0.05, 0) is 19.1 Å². The minimum absolute atomic E-state index is 0.679. The highest BCUT2D eigenvalue weighted by Gasteiger charge is 2.00. The zero-order valence-electron chi connectivity index (χ0n) is 8.82. The summed E-state index contributed by atoms with van der Waals surface area (Å²) in [6, 6.07) is 8.08. The third-order valence-electron chi connectivity index (χ3n) is 1.70. The van der Waals surface area contributed by atoms with Gasteiger partial charge in [0, 0.05) is 5.56 Å². The van der Waals surface area contributed by atoms with Gasteiger partial charge in [0.15, 0.2) is 0 Å². The summed E-state index contributed by atoms with van der Waals surface area (Å²) in [5.74, 6) is 0.679. The third kappa shape index (κ3) is 2.46. The van der Waals surface area contributed by atoms with Gasteiger partial charge in [0.2, 0.25) is 5.89 Å². The summed E-state index contributed by atoms with van der Waals surface area (Å²) in [5.41, 5.74) is 2.24. The molecule has 0 atom stereocenters. The molecule has 0 spiro atoms. The van der Waals surface area contributed by atoms with Crippen LogP contribution in [-0.2, 0) is 0 Å². The van der Waals surface area contributed by atoms with Crippen molar-refractivity contribution in [2.24, 2.45) is 0 Å². The molecular weight excluding hydrogens is 174 g/mol. The van der Waals surface area contributed by atoms with Crippen LogP contribution >= 0.6 is 0 Å². The maximum absolute atomic E-state index is 5.16. The van der Waals surface area contributed by atoms with E-state index in [2.05, 4.69) is 4.98 Å². The van der Waals surface area contributed by atoms with Gasteiger partial charge in [-0.25, -0.2) is 4.98 Å². The fraction of sp³-hybridized carbons (Fsp3) is 0.250. The van der Waals surface area contributed by atoms with Gasteiger partial charge in [-0.1, -0.05) is 31.5 Å². The molecule has 74 valence electrons. The summed E-state index contributed by atoms with van der Waals surface area (Å²) in [6.07, 6.45) is 3.23. The summed E-state index contributed by atoms with van der Waals surface area (Å²) in [5, 5.41) is 0. The molecule has 2 aromatic rings. The van der Waals surface area contributed by atoms with Crippen molar-refractivity contribution < 1.29 is 4.42 Å². The lowest BCUT2D eigenvalue weighted by molar-refractivity contribution is 0.574. The first kappa shape index (κ1) is 10.5. The summed E-state index contributed by atoms with van der Waals surface area (Å²) < 4.78 is 5.16. The van der Waals surface area contributed by atoms with Crippen molar-refractivity contribution >= 4 is 0 Å². The molecule has 1 aromatic carbocycles. The van der Waals surface area contributed by atoms with Crippen LogP contribution < -0.4 is 0 Å². The van der Waals surface area contributed by atoms with E-state index >= 15 is 0 Å². The molecule has 0 fully saturated rings. The van der Waals surface area contributed by atoms with Crippen molar-refractivity contribution in [3.63, 3.8) is 0 Å². The molecule has 0 saturated heterocycles. The second-order valence-electron chi connectivity index (χ2n) is 2.71. The number of oxazole rings is 1. The Morgan fingerprint density at radius 2 is 2.00 bits per heavy atom. The Morgan fingerprint density at radius 1 is 1.21 bits per heavy atom. The monoisotopic (exact) mass is 189 g/mol. The van der Waals surface area contributed by atoms with Crippen LogP contribution in [0.3, 0.4) is 0 Å². The van der Waals surface area contributed by atoms with Gasteiger partial charge in [0.25, 0.3) is 0 Å². The Labute approximate surface area is 84.6 Å². The normalized spacial score (nSPS) is 9.07. The quantitative estimate of drug-likeness (QED) is 0.684. The fourth-order valence-electron chi connectivity index (χ4n) is 1.14. The van der Waals surface area contributed by atoms with E-state index in [0.29, 0.717) is 5.89 Å². The largest absolute Gasteiger partial charge is 0.445 e. The number of hydrogen-bond donors (Lipinski definition) is 0. The van der Waals surface area contributed by atoms with E-state index in [9.17, 15) is 0 Å². The Kier molecular flexibility index (Phi) is 3.92. The lowest BCUT2D eigenvalue weighted by atomic mass is 10.1. The average molecular weight is 189 g/mol. The van der Waals surface area contributed by atoms with Crippen molar-refractivity contribution in [3.05, 3.63) is 42.3 Å². The Balaban J connectivity index is 0.000000461. The number of rotatable bonds is 1. The lowest BCUT2D eigenvalue weighted by Gasteiger charge is -1.95. The molecule has 0 N–H and O–H groups in total. The van der Waals surface area contributed by atoms with Gasteiger partial charge in [-0.3, -0.25) is 0 Å². The van der Waals surface area contributed by atoms with E-state index in [0.717, 1.165) is 5.56 Å². The Hall–Kier alpha value is -1.57. The molecule has 0 aliphatic carbocycles. The molecule has 2 nitrogen and oxygen atoms in total. The topological polar surface area (TPSA) is 26.0 Å². The van der Waals surface area contributed by atoms with E-state index in [1.807, 2.05) is 45.0 Å². The average Bonchev–Trinajstić information content (AvgIpc) is 2.74. The van der Waals surface area contributed by atoms with Crippen LogP contribution in [-0.4, -0.2) is 4.98 Å². The highest BCUT2D eigenvalue weighted by atomic mass is 16.3. The highest BCUT2D eigenvalue weighted by molar-refractivity contribution is 5.53. The first-order chi connectivity index (χ1) is 6.86. The first-order valence-electron chi connectivity index (χ1n) is 4.83. The lowest BCUT2D eigenvalue weighted by Crippen LogP contribution is -1.77. The van der Waals surface area contributed by atoms with Crippen molar-refractivity contribution in [2.75, 3.05) is 0 Å². The summed E-state index contributed by atoms with van der Waals surface area (Å²) in [7, 11) is 0. The van der Waals surface area contributed by atoms with Gasteiger partial charge >= 0.3 is 0 Å². The zero-order valence-corrected chi connectivity index (χ0v) is 8.82. The van der Waals surface area contributed by atoms with Crippen LogP contribution in [0.2, 0.25) is 0 Å². The molecule has 0 amide bonds.